The second-order valence-corrected chi connectivity index (χ2v) is 6.29. The molecule has 0 amide bonds. The molecule has 7 heteroatoms. The van der Waals surface area contributed by atoms with Crippen LogP contribution in [0, 0.1) is 0 Å². The molecular weight excluding hydrogens is 362 g/mol. The van der Waals surface area contributed by atoms with E-state index in [0.717, 1.165) is 11.1 Å². The maximum atomic E-state index is 5.85. The quantitative estimate of drug-likeness (QED) is 0.392. The van der Waals surface area contributed by atoms with Gasteiger partial charge in [-0.25, -0.2) is 0 Å². The van der Waals surface area contributed by atoms with Crippen molar-refractivity contribution in [2.45, 2.75) is 19.6 Å². The number of hydrogen-bond acceptors (Lipinski definition) is 5. The van der Waals surface area contributed by atoms with Gasteiger partial charge in [-0.1, -0.05) is 30.3 Å². The lowest BCUT2D eigenvalue weighted by atomic mass is 10.2. The summed E-state index contributed by atoms with van der Waals surface area (Å²) in [6.45, 7) is 3.01. The number of ether oxygens (including phenoxy) is 3. The number of nitrogens with zero attached hydrogens (tertiary/aromatic N) is 1. The summed E-state index contributed by atoms with van der Waals surface area (Å²) in [6.07, 6.45) is 1.67. The number of nitrogens with one attached hydrogen (secondary N) is 2. The van der Waals surface area contributed by atoms with Crippen LogP contribution in [0.2, 0.25) is 0 Å². The molecule has 0 saturated heterocycles. The van der Waals surface area contributed by atoms with Crippen LogP contribution in [0.4, 0.5) is 0 Å². The number of thiocarbonyl (C=S) groups is 1. The Morgan fingerprint density at radius 2 is 1.93 bits per heavy atom. The first kappa shape index (κ1) is 20.7. The van der Waals surface area contributed by atoms with E-state index in [1.54, 1.807) is 20.4 Å². The van der Waals surface area contributed by atoms with E-state index in [2.05, 4.69) is 15.8 Å². The second kappa shape index (κ2) is 11.2. The SMILES string of the molecule is COC[C@@H](C)NC(=S)N/N=C\c1ccc(OCc2ccccc2)c(OC)c1. The van der Waals surface area contributed by atoms with Crippen LogP contribution in [0.5, 0.6) is 11.5 Å². The average Bonchev–Trinajstić information content (AvgIpc) is 2.67. The first-order chi connectivity index (χ1) is 13.1. The van der Waals surface area contributed by atoms with E-state index in [4.69, 9.17) is 26.4 Å². The first-order valence-corrected chi connectivity index (χ1v) is 8.96. The highest BCUT2D eigenvalue weighted by molar-refractivity contribution is 7.80. The van der Waals surface area contributed by atoms with Gasteiger partial charge >= 0.3 is 0 Å². The Hall–Kier alpha value is -2.64. The lowest BCUT2D eigenvalue weighted by molar-refractivity contribution is 0.179. The van der Waals surface area contributed by atoms with Crippen LogP contribution < -0.4 is 20.2 Å². The highest BCUT2D eigenvalue weighted by Crippen LogP contribution is 2.28. The summed E-state index contributed by atoms with van der Waals surface area (Å²) in [5, 5.41) is 7.64. The van der Waals surface area contributed by atoms with Gasteiger partial charge in [0, 0.05) is 13.2 Å². The van der Waals surface area contributed by atoms with Gasteiger partial charge in [0.25, 0.3) is 0 Å². The third-order valence-corrected chi connectivity index (χ3v) is 3.81. The molecule has 2 rings (SSSR count). The molecule has 0 radical (unpaired) electrons. The zero-order chi connectivity index (χ0) is 19.5. The Kier molecular flexibility index (Phi) is 8.54. The summed E-state index contributed by atoms with van der Waals surface area (Å²) in [7, 11) is 3.26. The standard InChI is InChI=1S/C20H25N3O3S/c1-15(13-24-2)22-20(27)23-21-12-17-9-10-18(19(11-17)25-3)26-14-16-7-5-4-6-8-16/h4-12,15H,13-14H2,1-3H3,(H2,22,23,27)/b21-12-/t15-/m1/s1. The number of methoxy groups -OCH3 is 2. The summed E-state index contributed by atoms with van der Waals surface area (Å²) in [4.78, 5) is 0. The minimum atomic E-state index is 0.103. The van der Waals surface area contributed by atoms with E-state index in [-0.39, 0.29) is 6.04 Å². The highest BCUT2D eigenvalue weighted by Gasteiger charge is 2.06. The first-order valence-electron chi connectivity index (χ1n) is 8.55. The van der Waals surface area contributed by atoms with Crippen molar-refractivity contribution in [3.8, 4) is 11.5 Å². The van der Waals surface area contributed by atoms with Crippen molar-refractivity contribution in [1.29, 1.82) is 0 Å². The molecule has 1 atom stereocenters. The summed E-state index contributed by atoms with van der Waals surface area (Å²) in [6, 6.07) is 15.7. The number of hydrazone groups is 1. The van der Waals surface area contributed by atoms with E-state index in [0.29, 0.717) is 29.8 Å². The summed E-state index contributed by atoms with van der Waals surface area (Å²) >= 11 is 5.17. The molecule has 27 heavy (non-hydrogen) atoms. The molecule has 144 valence electrons. The van der Waals surface area contributed by atoms with Crippen LogP contribution in [0.1, 0.15) is 18.1 Å². The molecule has 0 fully saturated rings. The van der Waals surface area contributed by atoms with Gasteiger partial charge in [-0.05, 0) is 48.5 Å². The lowest BCUT2D eigenvalue weighted by Crippen LogP contribution is -2.40. The van der Waals surface area contributed by atoms with Gasteiger partial charge in [-0.15, -0.1) is 0 Å². The van der Waals surface area contributed by atoms with Gasteiger partial charge in [0.2, 0.25) is 0 Å². The third kappa shape index (κ3) is 7.24. The highest BCUT2D eigenvalue weighted by atomic mass is 32.1. The van der Waals surface area contributed by atoms with Crippen molar-refractivity contribution in [3.63, 3.8) is 0 Å². The van der Waals surface area contributed by atoms with Crippen molar-refractivity contribution in [2.75, 3.05) is 20.8 Å². The fraction of sp³-hybridized carbons (Fsp3) is 0.300. The Balaban J connectivity index is 1.91. The van der Waals surface area contributed by atoms with Gasteiger partial charge in [-0.2, -0.15) is 5.10 Å². The Bertz CT molecular complexity index is 753. The van der Waals surface area contributed by atoms with E-state index >= 15 is 0 Å². The molecule has 0 saturated carbocycles. The number of rotatable bonds is 9. The van der Waals surface area contributed by atoms with E-state index in [9.17, 15) is 0 Å². The maximum Gasteiger partial charge on any atom is 0.187 e. The van der Waals surface area contributed by atoms with Gasteiger partial charge in [0.1, 0.15) is 6.61 Å². The van der Waals surface area contributed by atoms with Crippen LogP contribution in [-0.4, -0.2) is 38.2 Å². The van der Waals surface area contributed by atoms with Crippen LogP contribution in [0.15, 0.2) is 53.6 Å². The largest absolute Gasteiger partial charge is 0.493 e. The topological polar surface area (TPSA) is 64.1 Å². The van der Waals surface area contributed by atoms with Crippen molar-refractivity contribution in [1.82, 2.24) is 10.7 Å². The predicted molar refractivity (Wildman–Crippen MR) is 112 cm³/mol. The van der Waals surface area contributed by atoms with E-state index in [1.165, 1.54) is 0 Å². The fourth-order valence-corrected chi connectivity index (χ4v) is 2.59. The second-order valence-electron chi connectivity index (χ2n) is 5.88. The normalized spacial score (nSPS) is 11.8. The van der Waals surface area contributed by atoms with Gasteiger partial charge in [0.05, 0.1) is 19.9 Å². The monoisotopic (exact) mass is 387 g/mol. The van der Waals surface area contributed by atoms with Crippen molar-refractivity contribution in [3.05, 3.63) is 59.7 Å². The molecule has 0 aliphatic rings. The summed E-state index contributed by atoms with van der Waals surface area (Å²) < 4.78 is 16.3. The minimum Gasteiger partial charge on any atom is -0.493 e. The molecule has 2 aromatic rings. The number of benzene rings is 2. The summed E-state index contributed by atoms with van der Waals surface area (Å²) in [5.74, 6) is 1.32. The average molecular weight is 388 g/mol. The lowest BCUT2D eigenvalue weighted by Gasteiger charge is -2.14. The van der Waals surface area contributed by atoms with Crippen LogP contribution in [0.3, 0.4) is 0 Å². The molecule has 6 nitrogen and oxygen atoms in total. The Morgan fingerprint density at radius 3 is 2.63 bits per heavy atom. The molecule has 0 bridgehead atoms. The Morgan fingerprint density at radius 1 is 1.15 bits per heavy atom. The molecule has 0 aliphatic carbocycles. The number of hydrogen-bond donors (Lipinski definition) is 2. The molecule has 0 spiro atoms. The van der Waals surface area contributed by atoms with E-state index < -0.39 is 0 Å². The van der Waals surface area contributed by atoms with Crippen LogP contribution >= 0.6 is 12.2 Å². The van der Waals surface area contributed by atoms with Crippen molar-refractivity contribution < 1.29 is 14.2 Å². The maximum absolute atomic E-state index is 5.85. The van der Waals surface area contributed by atoms with Gasteiger partial charge < -0.3 is 19.5 Å². The molecule has 2 N–H and O–H groups in total. The van der Waals surface area contributed by atoms with Crippen LogP contribution in [-0.2, 0) is 11.3 Å². The van der Waals surface area contributed by atoms with E-state index in [1.807, 2.05) is 55.5 Å². The predicted octanol–water partition coefficient (Wildman–Crippen LogP) is 3.11. The zero-order valence-corrected chi connectivity index (χ0v) is 16.6. The molecule has 0 unspecified atom stereocenters. The smallest absolute Gasteiger partial charge is 0.187 e. The van der Waals surface area contributed by atoms with Crippen molar-refractivity contribution in [2.24, 2.45) is 5.10 Å². The molecule has 0 aliphatic heterocycles. The van der Waals surface area contributed by atoms with Crippen molar-refractivity contribution >= 4 is 23.5 Å². The van der Waals surface area contributed by atoms with Gasteiger partial charge in [0.15, 0.2) is 16.6 Å². The minimum absolute atomic E-state index is 0.103. The van der Waals surface area contributed by atoms with Gasteiger partial charge in [-0.3, -0.25) is 5.43 Å². The molecule has 0 heterocycles. The molecular formula is C20H25N3O3S. The summed E-state index contributed by atoms with van der Waals surface area (Å²) in [5.41, 5.74) is 4.74. The zero-order valence-electron chi connectivity index (χ0n) is 15.8. The Labute approximate surface area is 165 Å². The molecule has 2 aromatic carbocycles. The molecule has 0 aromatic heterocycles. The fourth-order valence-electron chi connectivity index (χ4n) is 2.33. The third-order valence-electron chi connectivity index (χ3n) is 3.60. The van der Waals surface area contributed by atoms with Crippen LogP contribution in [0.25, 0.3) is 0 Å².